The standard InChI is InChI=1S/C26H29NO3/c1-19-10-15-23(26(2,3)4)24(16-19)30-18-25(28)27-21-11-13-22(14-12-21)29-17-20-8-6-5-7-9-20/h5-16H,17-18H2,1-4H3,(H,27,28). The molecule has 4 heteroatoms. The lowest BCUT2D eigenvalue weighted by Gasteiger charge is -2.23. The number of carbonyl (C=O) groups is 1. The van der Waals surface area contributed by atoms with Crippen molar-refractivity contribution in [3.8, 4) is 11.5 Å². The second-order valence-electron chi connectivity index (χ2n) is 8.39. The Balaban J connectivity index is 1.54. The molecule has 0 fully saturated rings. The first-order valence-electron chi connectivity index (χ1n) is 10.1. The Kier molecular flexibility index (Phi) is 6.78. The fraction of sp³-hybridized carbons (Fsp3) is 0.269. The maximum atomic E-state index is 12.4. The summed E-state index contributed by atoms with van der Waals surface area (Å²) in [5.74, 6) is 1.30. The molecule has 3 rings (SSSR count). The van der Waals surface area contributed by atoms with E-state index in [-0.39, 0.29) is 17.9 Å². The predicted molar refractivity (Wildman–Crippen MR) is 121 cm³/mol. The third-order valence-electron chi connectivity index (χ3n) is 4.69. The maximum Gasteiger partial charge on any atom is 0.262 e. The number of carbonyl (C=O) groups excluding carboxylic acids is 1. The second-order valence-corrected chi connectivity index (χ2v) is 8.39. The average Bonchev–Trinajstić information content (AvgIpc) is 2.72. The van der Waals surface area contributed by atoms with E-state index in [1.54, 1.807) is 0 Å². The van der Waals surface area contributed by atoms with Gasteiger partial charge in [0.2, 0.25) is 0 Å². The number of anilines is 1. The molecule has 156 valence electrons. The molecule has 0 aliphatic carbocycles. The van der Waals surface area contributed by atoms with E-state index in [0.717, 1.165) is 28.2 Å². The van der Waals surface area contributed by atoms with E-state index in [0.29, 0.717) is 12.3 Å². The topological polar surface area (TPSA) is 47.6 Å². The first-order valence-corrected chi connectivity index (χ1v) is 10.1. The van der Waals surface area contributed by atoms with E-state index >= 15 is 0 Å². The molecule has 1 amide bonds. The lowest BCUT2D eigenvalue weighted by atomic mass is 9.86. The molecule has 0 aromatic heterocycles. The molecular formula is C26H29NO3. The Morgan fingerprint density at radius 3 is 2.27 bits per heavy atom. The third kappa shape index (κ3) is 6.11. The zero-order chi connectivity index (χ0) is 21.6. The Labute approximate surface area is 178 Å². The minimum atomic E-state index is -0.200. The van der Waals surface area contributed by atoms with Gasteiger partial charge in [-0.15, -0.1) is 0 Å². The lowest BCUT2D eigenvalue weighted by Crippen LogP contribution is -2.22. The van der Waals surface area contributed by atoms with Crippen LogP contribution in [0.4, 0.5) is 5.69 Å². The summed E-state index contributed by atoms with van der Waals surface area (Å²) in [6, 6.07) is 23.4. The Morgan fingerprint density at radius 2 is 1.60 bits per heavy atom. The fourth-order valence-electron chi connectivity index (χ4n) is 3.08. The summed E-state index contributed by atoms with van der Waals surface area (Å²) in [7, 11) is 0. The largest absolute Gasteiger partial charge is 0.489 e. The fourth-order valence-corrected chi connectivity index (χ4v) is 3.08. The molecular weight excluding hydrogens is 374 g/mol. The van der Waals surface area contributed by atoms with Crippen molar-refractivity contribution in [1.29, 1.82) is 0 Å². The van der Waals surface area contributed by atoms with Crippen molar-refractivity contribution in [3.63, 3.8) is 0 Å². The summed E-state index contributed by atoms with van der Waals surface area (Å²) in [6.07, 6.45) is 0. The van der Waals surface area contributed by atoms with Gasteiger partial charge < -0.3 is 14.8 Å². The molecule has 0 unspecified atom stereocenters. The Morgan fingerprint density at radius 1 is 0.900 bits per heavy atom. The number of hydrogen-bond donors (Lipinski definition) is 1. The molecule has 0 saturated heterocycles. The molecule has 0 bridgehead atoms. The number of rotatable bonds is 7. The van der Waals surface area contributed by atoms with Gasteiger partial charge in [0, 0.05) is 5.69 Å². The second kappa shape index (κ2) is 9.49. The van der Waals surface area contributed by atoms with Gasteiger partial charge in [-0.1, -0.05) is 63.2 Å². The molecule has 0 saturated carbocycles. The predicted octanol–water partition coefficient (Wildman–Crippen LogP) is 5.89. The number of hydrogen-bond acceptors (Lipinski definition) is 3. The van der Waals surface area contributed by atoms with Crippen LogP contribution in [0.1, 0.15) is 37.5 Å². The van der Waals surface area contributed by atoms with Gasteiger partial charge in [0.25, 0.3) is 5.91 Å². The summed E-state index contributed by atoms with van der Waals surface area (Å²) in [5.41, 5.74) is 3.94. The zero-order valence-corrected chi connectivity index (χ0v) is 18.1. The van der Waals surface area contributed by atoms with Crippen molar-refractivity contribution < 1.29 is 14.3 Å². The lowest BCUT2D eigenvalue weighted by molar-refractivity contribution is -0.118. The molecule has 3 aromatic rings. The monoisotopic (exact) mass is 403 g/mol. The zero-order valence-electron chi connectivity index (χ0n) is 18.1. The van der Waals surface area contributed by atoms with Crippen LogP contribution >= 0.6 is 0 Å². The molecule has 0 atom stereocenters. The van der Waals surface area contributed by atoms with E-state index in [1.165, 1.54) is 0 Å². The van der Waals surface area contributed by atoms with E-state index < -0.39 is 0 Å². The van der Waals surface area contributed by atoms with E-state index in [1.807, 2.05) is 67.6 Å². The van der Waals surface area contributed by atoms with E-state index in [2.05, 4.69) is 38.2 Å². The minimum absolute atomic E-state index is 0.0429. The van der Waals surface area contributed by atoms with Crippen LogP contribution in [0.3, 0.4) is 0 Å². The summed E-state index contributed by atoms with van der Waals surface area (Å²) >= 11 is 0. The highest BCUT2D eigenvalue weighted by molar-refractivity contribution is 5.91. The van der Waals surface area contributed by atoms with Gasteiger partial charge in [0.05, 0.1) is 0 Å². The van der Waals surface area contributed by atoms with Gasteiger partial charge in [-0.25, -0.2) is 0 Å². The van der Waals surface area contributed by atoms with Crippen LogP contribution in [0.25, 0.3) is 0 Å². The van der Waals surface area contributed by atoms with Crippen LogP contribution in [0.15, 0.2) is 72.8 Å². The molecule has 0 aliphatic heterocycles. The van der Waals surface area contributed by atoms with Crippen molar-refractivity contribution in [1.82, 2.24) is 0 Å². The number of nitrogens with one attached hydrogen (secondary N) is 1. The van der Waals surface area contributed by atoms with Gasteiger partial charge in [0.1, 0.15) is 18.1 Å². The van der Waals surface area contributed by atoms with Crippen molar-refractivity contribution in [2.24, 2.45) is 0 Å². The summed E-state index contributed by atoms with van der Waals surface area (Å²) in [5, 5.41) is 2.87. The summed E-state index contributed by atoms with van der Waals surface area (Å²) in [6.45, 7) is 8.87. The minimum Gasteiger partial charge on any atom is -0.489 e. The molecule has 0 spiro atoms. The van der Waals surface area contributed by atoms with Crippen LogP contribution in [0.2, 0.25) is 0 Å². The van der Waals surface area contributed by atoms with Crippen LogP contribution in [-0.4, -0.2) is 12.5 Å². The Bertz CT molecular complexity index is 973. The highest BCUT2D eigenvalue weighted by Gasteiger charge is 2.19. The van der Waals surface area contributed by atoms with Gasteiger partial charge in [-0.3, -0.25) is 4.79 Å². The van der Waals surface area contributed by atoms with Gasteiger partial charge in [-0.2, -0.15) is 0 Å². The van der Waals surface area contributed by atoms with Crippen LogP contribution in [0, 0.1) is 6.92 Å². The SMILES string of the molecule is Cc1ccc(C(C)(C)C)c(OCC(=O)Nc2ccc(OCc3ccccc3)cc2)c1. The molecule has 3 aromatic carbocycles. The van der Waals surface area contributed by atoms with Gasteiger partial charge >= 0.3 is 0 Å². The molecule has 0 radical (unpaired) electrons. The third-order valence-corrected chi connectivity index (χ3v) is 4.69. The Hall–Kier alpha value is -3.27. The van der Waals surface area contributed by atoms with Crippen LogP contribution < -0.4 is 14.8 Å². The van der Waals surface area contributed by atoms with E-state index in [9.17, 15) is 4.79 Å². The maximum absolute atomic E-state index is 12.4. The van der Waals surface area contributed by atoms with Crippen molar-refractivity contribution in [2.75, 3.05) is 11.9 Å². The molecule has 0 heterocycles. The highest BCUT2D eigenvalue weighted by Crippen LogP contribution is 2.32. The summed E-state index contributed by atoms with van der Waals surface area (Å²) < 4.78 is 11.6. The average molecular weight is 404 g/mol. The van der Waals surface area contributed by atoms with Gasteiger partial charge in [0.15, 0.2) is 6.61 Å². The number of benzene rings is 3. The van der Waals surface area contributed by atoms with Crippen LogP contribution in [0.5, 0.6) is 11.5 Å². The van der Waals surface area contributed by atoms with Crippen molar-refractivity contribution >= 4 is 11.6 Å². The molecule has 30 heavy (non-hydrogen) atoms. The van der Waals surface area contributed by atoms with Crippen LogP contribution in [-0.2, 0) is 16.8 Å². The molecule has 0 aliphatic rings. The molecule has 4 nitrogen and oxygen atoms in total. The number of aryl methyl sites for hydroxylation is 1. The first kappa shape index (κ1) is 21.4. The number of ether oxygens (including phenoxy) is 2. The first-order chi connectivity index (χ1) is 14.3. The summed E-state index contributed by atoms with van der Waals surface area (Å²) in [4.78, 5) is 12.4. The smallest absolute Gasteiger partial charge is 0.262 e. The highest BCUT2D eigenvalue weighted by atomic mass is 16.5. The molecule has 1 N–H and O–H groups in total. The number of amides is 1. The van der Waals surface area contributed by atoms with Gasteiger partial charge in [-0.05, 0) is 59.4 Å². The van der Waals surface area contributed by atoms with E-state index in [4.69, 9.17) is 9.47 Å². The quantitative estimate of drug-likeness (QED) is 0.535. The van der Waals surface area contributed by atoms with Crippen molar-refractivity contribution in [3.05, 3.63) is 89.5 Å². The van der Waals surface area contributed by atoms with Crippen molar-refractivity contribution in [2.45, 2.75) is 39.7 Å². The normalized spacial score (nSPS) is 11.1.